The Kier molecular flexibility index (Phi) is 6.29. The molecule has 0 aromatic heterocycles. The summed E-state index contributed by atoms with van der Waals surface area (Å²) in [5.41, 5.74) is 0.723. The lowest BCUT2D eigenvalue weighted by Crippen LogP contribution is -2.34. The summed E-state index contributed by atoms with van der Waals surface area (Å²) < 4.78 is 49.2. The Balaban J connectivity index is 1.78. The van der Waals surface area contributed by atoms with E-state index in [0.717, 1.165) is 5.56 Å². The highest BCUT2D eigenvalue weighted by Crippen LogP contribution is 2.40. The van der Waals surface area contributed by atoms with E-state index in [9.17, 15) is 18.0 Å². The van der Waals surface area contributed by atoms with Crippen molar-refractivity contribution in [3.05, 3.63) is 66.0 Å². The number of anilines is 2. The van der Waals surface area contributed by atoms with Gasteiger partial charge in [0.2, 0.25) is 0 Å². The van der Waals surface area contributed by atoms with Gasteiger partial charge >= 0.3 is 16.2 Å². The molecule has 0 spiro atoms. The molecule has 1 fully saturated rings. The second kappa shape index (κ2) is 9.18. The van der Waals surface area contributed by atoms with Crippen molar-refractivity contribution in [2.45, 2.75) is 26.5 Å². The van der Waals surface area contributed by atoms with Crippen molar-refractivity contribution in [1.82, 2.24) is 10.0 Å². The van der Waals surface area contributed by atoms with E-state index < -0.39 is 34.5 Å². The molecule has 0 bridgehead atoms. The topological polar surface area (TPSA) is 117 Å². The van der Waals surface area contributed by atoms with Crippen LogP contribution in [0.1, 0.15) is 19.4 Å². The number of hydrogen-bond acceptors (Lipinski definition) is 5. The lowest BCUT2D eigenvalue weighted by molar-refractivity contribution is -0.117. The Morgan fingerprint density at radius 2 is 1.91 bits per heavy atom. The first kappa shape index (κ1) is 23.3. The number of urea groups is 1. The van der Waals surface area contributed by atoms with Crippen LogP contribution < -0.4 is 24.4 Å². The number of carbonyl (C=O) groups is 2. The predicted octanol–water partition coefficient (Wildman–Crippen LogP) is 3.27. The van der Waals surface area contributed by atoms with Crippen LogP contribution in [0.3, 0.4) is 0 Å². The second-order valence-corrected chi connectivity index (χ2v) is 9.63. The molecule has 1 saturated heterocycles. The van der Waals surface area contributed by atoms with E-state index in [1.165, 1.54) is 12.1 Å². The third-order valence-corrected chi connectivity index (χ3v) is 6.38. The molecule has 1 heterocycles. The van der Waals surface area contributed by atoms with Gasteiger partial charge in [-0.2, -0.15) is 8.42 Å². The van der Waals surface area contributed by atoms with Crippen LogP contribution in [-0.2, 0) is 21.6 Å². The van der Waals surface area contributed by atoms with E-state index >= 15 is 4.39 Å². The van der Waals surface area contributed by atoms with Gasteiger partial charge in [0, 0.05) is 17.1 Å². The summed E-state index contributed by atoms with van der Waals surface area (Å²) in [4.78, 5) is 23.9. The van der Waals surface area contributed by atoms with E-state index in [2.05, 4.69) is 10.6 Å². The molecule has 3 aromatic carbocycles. The van der Waals surface area contributed by atoms with Crippen LogP contribution in [-0.4, -0.2) is 32.9 Å². The van der Waals surface area contributed by atoms with Crippen LogP contribution >= 0.6 is 0 Å². The van der Waals surface area contributed by atoms with E-state index in [4.69, 9.17) is 4.74 Å². The maximum atomic E-state index is 15.9. The molecule has 1 aliphatic heterocycles. The fraction of sp³-hybridized carbons (Fsp3) is 0.217. The van der Waals surface area contributed by atoms with Crippen molar-refractivity contribution >= 4 is 44.3 Å². The number of benzene rings is 3. The van der Waals surface area contributed by atoms with Crippen molar-refractivity contribution in [3.8, 4) is 5.75 Å². The highest BCUT2D eigenvalue weighted by molar-refractivity contribution is 7.92. The quantitative estimate of drug-likeness (QED) is 0.495. The van der Waals surface area contributed by atoms with Gasteiger partial charge in [-0.3, -0.25) is 4.79 Å². The number of hydrogen-bond donors (Lipinski definition) is 3. The van der Waals surface area contributed by atoms with Crippen LogP contribution in [0.4, 0.5) is 20.6 Å². The van der Waals surface area contributed by atoms with Gasteiger partial charge in [-0.25, -0.2) is 18.2 Å². The Morgan fingerprint density at radius 3 is 2.56 bits per heavy atom. The number of ether oxygens (including phenoxy) is 1. The van der Waals surface area contributed by atoms with Gasteiger partial charge < -0.3 is 15.4 Å². The third kappa shape index (κ3) is 4.88. The summed E-state index contributed by atoms with van der Waals surface area (Å²) in [6.45, 7) is 3.08. The average Bonchev–Trinajstić information content (AvgIpc) is 3.04. The van der Waals surface area contributed by atoms with E-state index in [0.29, 0.717) is 15.4 Å². The number of amides is 3. The zero-order valence-corrected chi connectivity index (χ0v) is 19.3. The van der Waals surface area contributed by atoms with E-state index in [1.807, 2.05) is 35.1 Å². The fourth-order valence-corrected chi connectivity index (χ4v) is 4.71. The molecule has 0 radical (unpaired) electrons. The van der Waals surface area contributed by atoms with Gasteiger partial charge in [0.25, 0.3) is 5.91 Å². The van der Waals surface area contributed by atoms with Gasteiger partial charge in [0.05, 0.1) is 0 Å². The van der Waals surface area contributed by atoms with Gasteiger partial charge in [0.1, 0.15) is 24.6 Å². The first-order valence-electron chi connectivity index (χ1n) is 10.5. The van der Waals surface area contributed by atoms with Crippen LogP contribution in [0.2, 0.25) is 0 Å². The van der Waals surface area contributed by atoms with E-state index in [1.54, 1.807) is 26.0 Å². The first-order chi connectivity index (χ1) is 16.1. The smallest absolute Gasteiger partial charge is 0.326 e. The lowest BCUT2D eigenvalue weighted by Gasteiger charge is -2.21. The Labute approximate surface area is 196 Å². The lowest BCUT2D eigenvalue weighted by atomic mass is 10.1. The first-order valence-corrected chi connectivity index (χ1v) is 11.9. The molecule has 178 valence electrons. The van der Waals surface area contributed by atoms with Crippen molar-refractivity contribution in [3.63, 3.8) is 0 Å². The second-order valence-electron chi connectivity index (χ2n) is 8.04. The van der Waals surface area contributed by atoms with Gasteiger partial charge in [-0.15, -0.1) is 0 Å². The summed E-state index contributed by atoms with van der Waals surface area (Å²) in [6.07, 6.45) is 0. The average molecular weight is 487 g/mol. The molecule has 0 aliphatic carbocycles. The minimum atomic E-state index is -4.29. The van der Waals surface area contributed by atoms with Crippen LogP contribution in [0, 0.1) is 5.82 Å². The predicted molar refractivity (Wildman–Crippen MR) is 126 cm³/mol. The number of fused-ring (bicyclic) bond motifs is 1. The number of rotatable bonds is 6. The molecule has 0 atom stereocenters. The third-order valence-electron chi connectivity index (χ3n) is 5.00. The Bertz CT molecular complexity index is 1360. The van der Waals surface area contributed by atoms with Crippen molar-refractivity contribution in [2.24, 2.45) is 0 Å². The summed E-state index contributed by atoms with van der Waals surface area (Å²) in [5, 5.41) is 5.77. The minimum absolute atomic E-state index is 0.0350. The monoisotopic (exact) mass is 486 g/mol. The fourth-order valence-electron chi connectivity index (χ4n) is 3.55. The summed E-state index contributed by atoms with van der Waals surface area (Å²) in [7, 11) is -4.29. The maximum Gasteiger partial charge on any atom is 0.326 e. The van der Waals surface area contributed by atoms with Crippen LogP contribution in [0.25, 0.3) is 10.8 Å². The molecule has 1 aliphatic rings. The maximum absolute atomic E-state index is 15.9. The number of carbonyl (C=O) groups excluding carboxylic acids is 2. The largest absolute Gasteiger partial charge is 0.487 e. The number of nitrogens with one attached hydrogen (secondary N) is 3. The number of nitrogens with zero attached hydrogens (tertiary/aromatic N) is 1. The molecule has 3 amide bonds. The highest BCUT2D eigenvalue weighted by atomic mass is 32.2. The van der Waals surface area contributed by atoms with Gasteiger partial charge in [-0.1, -0.05) is 36.4 Å². The van der Waals surface area contributed by atoms with Gasteiger partial charge in [-0.05, 0) is 43.0 Å². The van der Waals surface area contributed by atoms with Crippen molar-refractivity contribution < 1.29 is 27.1 Å². The summed E-state index contributed by atoms with van der Waals surface area (Å²) in [6, 6.07) is 14.6. The van der Waals surface area contributed by atoms with Gasteiger partial charge in [0.15, 0.2) is 5.82 Å². The molecule has 4 rings (SSSR count). The summed E-state index contributed by atoms with van der Waals surface area (Å²) >= 11 is 0. The Morgan fingerprint density at radius 1 is 1.18 bits per heavy atom. The molecule has 3 aromatic rings. The van der Waals surface area contributed by atoms with Crippen LogP contribution in [0.15, 0.2) is 54.6 Å². The highest BCUT2D eigenvalue weighted by Gasteiger charge is 2.38. The number of halogens is 1. The SMILES string of the molecule is CC(C)NC(=O)Nc1ccc2cc(OCc3ccccc3)c(N3CC(=O)NS3(=O)=O)c(F)c2c1. The molecule has 11 heteroatoms. The molecule has 9 nitrogen and oxygen atoms in total. The standard InChI is InChI=1S/C23H23FN4O5S/c1-14(2)25-23(30)26-17-9-8-16-10-19(33-13-15-6-4-3-5-7-15)22(21(24)18(16)11-17)28-12-20(29)27-34(28,31)32/h3-11,14H,12-13H2,1-2H3,(H,27,29)(H2,25,26,30). The minimum Gasteiger partial charge on any atom is -0.487 e. The molecule has 34 heavy (non-hydrogen) atoms. The molecule has 0 saturated carbocycles. The van der Waals surface area contributed by atoms with Crippen molar-refractivity contribution in [1.29, 1.82) is 0 Å². The molecular formula is C23H23FN4O5S. The van der Waals surface area contributed by atoms with E-state index in [-0.39, 0.29) is 29.5 Å². The zero-order chi connectivity index (χ0) is 24.5. The Hall–Kier alpha value is -3.86. The summed E-state index contributed by atoms with van der Waals surface area (Å²) in [5.74, 6) is -1.71. The van der Waals surface area contributed by atoms with Crippen molar-refractivity contribution in [2.75, 3.05) is 16.2 Å². The molecule has 3 N–H and O–H groups in total. The van der Waals surface area contributed by atoms with Crippen LogP contribution in [0.5, 0.6) is 5.75 Å². The molecule has 0 unspecified atom stereocenters. The normalized spacial score (nSPS) is 14.8. The zero-order valence-electron chi connectivity index (χ0n) is 18.5. The molecular weight excluding hydrogens is 463 g/mol.